The Hall–Kier alpha value is 0.130. The van der Waals surface area contributed by atoms with Gasteiger partial charge < -0.3 is 0 Å². The normalized spacial score (nSPS) is 11.4. The van der Waals surface area contributed by atoms with Crippen molar-refractivity contribution in [2.24, 2.45) is 0 Å². The zero-order valence-electron chi connectivity index (χ0n) is 13.2. The molecule has 0 atom stereocenters. The maximum Gasteiger partial charge on any atom is 0.225 e. The molecule has 0 spiro atoms. The highest BCUT2D eigenvalue weighted by Gasteiger charge is 2.32. The average Bonchev–Trinajstić information content (AvgIpc) is 2.51. The SMILES string of the molecule is Clc1cc(Cl)c(C(c2c(Cl)cc(Cl)cc2Cl)c2c(Cl)nc(Cl)nc2Cl)c(Cl)c1. The van der Waals surface area contributed by atoms with Crippen LogP contribution in [0.3, 0.4) is 0 Å². The van der Waals surface area contributed by atoms with E-state index in [1.807, 2.05) is 0 Å². The van der Waals surface area contributed by atoms with Gasteiger partial charge in [-0.3, -0.25) is 0 Å². The molecule has 0 bridgehead atoms. The van der Waals surface area contributed by atoms with Crippen LogP contribution >= 0.6 is 104 Å². The second-order valence-corrected chi connectivity index (χ2v) is 9.04. The lowest BCUT2D eigenvalue weighted by molar-refractivity contribution is 0.942. The summed E-state index contributed by atoms with van der Waals surface area (Å²) in [7, 11) is 0. The van der Waals surface area contributed by atoms with Crippen molar-refractivity contribution in [3.8, 4) is 0 Å². The van der Waals surface area contributed by atoms with Crippen molar-refractivity contribution in [1.29, 1.82) is 0 Å². The first-order valence-corrected chi connectivity index (χ1v) is 10.7. The highest BCUT2D eigenvalue weighted by molar-refractivity contribution is 6.42. The van der Waals surface area contributed by atoms with Gasteiger partial charge >= 0.3 is 0 Å². The number of hydrogen-bond acceptors (Lipinski definition) is 2. The zero-order chi connectivity index (χ0) is 20.7. The quantitative estimate of drug-likeness (QED) is 0.237. The van der Waals surface area contributed by atoms with Gasteiger partial charge in [-0.1, -0.05) is 92.8 Å². The summed E-state index contributed by atoms with van der Waals surface area (Å²) in [5.74, 6) is -0.827. The molecule has 1 aromatic heterocycles. The van der Waals surface area contributed by atoms with Crippen LogP contribution in [0.1, 0.15) is 22.6 Å². The fraction of sp³-hybridized carbons (Fsp3) is 0.0588. The molecule has 0 N–H and O–H groups in total. The molecule has 0 aliphatic rings. The van der Waals surface area contributed by atoms with Gasteiger partial charge in [-0.2, -0.15) is 0 Å². The molecule has 11 heteroatoms. The molecule has 0 aliphatic heterocycles. The fourth-order valence-electron chi connectivity index (χ4n) is 2.72. The third kappa shape index (κ3) is 4.56. The molecule has 3 rings (SSSR count). The summed E-state index contributed by atoms with van der Waals surface area (Å²) in [4.78, 5) is 7.94. The Morgan fingerprint density at radius 1 is 0.500 bits per heavy atom. The van der Waals surface area contributed by atoms with Crippen molar-refractivity contribution < 1.29 is 0 Å². The van der Waals surface area contributed by atoms with Crippen molar-refractivity contribution in [3.63, 3.8) is 0 Å². The Kier molecular flexibility index (Phi) is 7.41. The summed E-state index contributed by atoms with van der Waals surface area (Å²) in [6.45, 7) is 0. The van der Waals surface area contributed by atoms with Crippen LogP contribution < -0.4 is 0 Å². The summed E-state index contributed by atoms with van der Waals surface area (Å²) in [5, 5.41) is 1.50. The molecule has 3 aromatic rings. The topological polar surface area (TPSA) is 25.8 Å². The monoisotopic (exact) mass is 552 g/mol. The predicted molar refractivity (Wildman–Crippen MR) is 121 cm³/mol. The molecule has 0 amide bonds. The average molecular weight is 556 g/mol. The number of halogens is 9. The Labute approximate surface area is 205 Å². The minimum Gasteiger partial charge on any atom is -0.206 e. The molecule has 1 heterocycles. The first kappa shape index (κ1) is 22.8. The second kappa shape index (κ2) is 9.09. The van der Waals surface area contributed by atoms with Crippen LogP contribution in [0.2, 0.25) is 45.7 Å². The van der Waals surface area contributed by atoms with Crippen LogP contribution in [0, 0.1) is 0 Å². The maximum atomic E-state index is 6.47. The zero-order valence-corrected chi connectivity index (χ0v) is 20.0. The van der Waals surface area contributed by atoms with E-state index in [2.05, 4.69) is 9.97 Å². The maximum absolute atomic E-state index is 6.47. The van der Waals surface area contributed by atoms with E-state index in [4.69, 9.17) is 104 Å². The van der Waals surface area contributed by atoms with Gasteiger partial charge in [0.25, 0.3) is 0 Å². The number of benzene rings is 2. The van der Waals surface area contributed by atoms with E-state index in [-0.39, 0.29) is 41.2 Å². The number of hydrogen-bond donors (Lipinski definition) is 0. The predicted octanol–water partition coefficient (Wildman–Crippen LogP) is 9.54. The highest BCUT2D eigenvalue weighted by atomic mass is 35.5. The van der Waals surface area contributed by atoms with Crippen molar-refractivity contribution >= 4 is 104 Å². The largest absolute Gasteiger partial charge is 0.225 e. The van der Waals surface area contributed by atoms with Gasteiger partial charge in [0.2, 0.25) is 5.28 Å². The van der Waals surface area contributed by atoms with Crippen molar-refractivity contribution in [3.05, 3.63) is 86.7 Å². The van der Waals surface area contributed by atoms with Gasteiger partial charge in [-0.25, -0.2) is 9.97 Å². The van der Waals surface area contributed by atoms with Crippen LogP contribution in [0.4, 0.5) is 0 Å². The standard InChI is InChI=1S/C17H5Cl9N2/c18-5-1-7(20)11(8(21)2-5)13(12-9(22)3-6(19)4-10(12)23)14-15(24)27-17(26)28-16(14)25/h1-4,13H. The van der Waals surface area contributed by atoms with E-state index in [1.165, 1.54) is 24.3 Å². The van der Waals surface area contributed by atoms with Crippen LogP contribution in [-0.4, -0.2) is 9.97 Å². The van der Waals surface area contributed by atoms with Gasteiger partial charge in [-0.15, -0.1) is 0 Å². The molecule has 0 saturated carbocycles. The molecule has 2 nitrogen and oxygen atoms in total. The molecule has 2 aromatic carbocycles. The van der Waals surface area contributed by atoms with Crippen molar-refractivity contribution in [2.45, 2.75) is 5.92 Å². The minimum absolute atomic E-state index is 0.0147. The molecule has 28 heavy (non-hydrogen) atoms. The molecule has 0 radical (unpaired) electrons. The first-order valence-electron chi connectivity index (χ1n) is 7.27. The summed E-state index contributed by atoms with van der Waals surface area (Å²) in [5.41, 5.74) is 1.09. The molecule has 0 aliphatic carbocycles. The van der Waals surface area contributed by atoms with Crippen molar-refractivity contribution in [1.82, 2.24) is 9.97 Å². The molecular formula is C17H5Cl9N2. The van der Waals surface area contributed by atoms with E-state index in [0.29, 0.717) is 21.2 Å². The highest BCUT2D eigenvalue weighted by Crippen LogP contribution is 2.49. The van der Waals surface area contributed by atoms with Crippen LogP contribution in [0.25, 0.3) is 0 Å². The lowest BCUT2D eigenvalue weighted by Gasteiger charge is -2.24. The number of nitrogens with zero attached hydrogens (tertiary/aromatic N) is 2. The molecule has 146 valence electrons. The summed E-state index contributed by atoms with van der Waals surface area (Å²) in [6, 6.07) is 6.09. The Balaban J connectivity index is 2.45. The van der Waals surface area contributed by atoms with E-state index in [9.17, 15) is 0 Å². The van der Waals surface area contributed by atoms with E-state index >= 15 is 0 Å². The van der Waals surface area contributed by atoms with E-state index < -0.39 is 5.92 Å². The van der Waals surface area contributed by atoms with Gasteiger partial charge in [0.05, 0.1) is 0 Å². The molecule has 0 saturated heterocycles. The van der Waals surface area contributed by atoms with Crippen molar-refractivity contribution in [2.75, 3.05) is 0 Å². The lowest BCUT2D eigenvalue weighted by atomic mass is 9.86. The third-order valence-electron chi connectivity index (χ3n) is 3.78. The second-order valence-electron chi connectivity index (χ2n) is 5.49. The summed E-state index contributed by atoms with van der Waals surface area (Å²) < 4.78 is 0. The van der Waals surface area contributed by atoms with Gasteiger partial charge in [0.15, 0.2) is 0 Å². The van der Waals surface area contributed by atoms with Crippen LogP contribution in [-0.2, 0) is 0 Å². The Morgan fingerprint density at radius 3 is 1.14 bits per heavy atom. The first-order chi connectivity index (χ1) is 13.1. The minimum atomic E-state index is -0.827. The van der Waals surface area contributed by atoms with Gasteiger partial charge in [0.1, 0.15) is 10.3 Å². The van der Waals surface area contributed by atoms with Crippen LogP contribution in [0.5, 0.6) is 0 Å². The summed E-state index contributed by atoms with van der Waals surface area (Å²) >= 11 is 56.5. The number of rotatable bonds is 3. The molecule has 0 fully saturated rings. The molecule has 0 unspecified atom stereocenters. The van der Waals surface area contributed by atoms with E-state index in [1.54, 1.807) is 0 Å². The van der Waals surface area contributed by atoms with Gasteiger partial charge in [-0.05, 0) is 35.9 Å². The van der Waals surface area contributed by atoms with Crippen LogP contribution in [0.15, 0.2) is 24.3 Å². The van der Waals surface area contributed by atoms with E-state index in [0.717, 1.165) is 0 Å². The fourth-order valence-corrected chi connectivity index (χ4v) is 5.65. The Morgan fingerprint density at radius 2 is 0.821 bits per heavy atom. The lowest BCUT2D eigenvalue weighted by Crippen LogP contribution is -2.10. The molecular weight excluding hydrogens is 551 g/mol. The third-order valence-corrected chi connectivity index (χ3v) is 6.21. The smallest absolute Gasteiger partial charge is 0.206 e. The number of aromatic nitrogens is 2. The summed E-state index contributed by atoms with van der Waals surface area (Å²) in [6.07, 6.45) is 0. The van der Waals surface area contributed by atoms with Gasteiger partial charge in [0, 0.05) is 52.7 Å². The Bertz CT molecular complexity index is 879.